The number of carbonyl (C=O) groups is 1. The Kier molecular flexibility index (Phi) is 6.25. The first-order valence-electron chi connectivity index (χ1n) is 8.77. The summed E-state index contributed by atoms with van der Waals surface area (Å²) in [6, 6.07) is 5.95. The van der Waals surface area contributed by atoms with Crippen molar-refractivity contribution in [2.45, 2.75) is 31.1 Å². The van der Waals surface area contributed by atoms with E-state index in [1.54, 1.807) is 12.1 Å². The summed E-state index contributed by atoms with van der Waals surface area (Å²) < 4.78 is 31.9. The van der Waals surface area contributed by atoms with Gasteiger partial charge in [-0.25, -0.2) is 18.1 Å². The van der Waals surface area contributed by atoms with Crippen LogP contribution in [-0.4, -0.2) is 39.6 Å². The molecule has 2 aromatic rings. The molecule has 9 heteroatoms. The fourth-order valence-electron chi connectivity index (χ4n) is 2.93. The fraction of sp³-hybridized carbons (Fsp3) is 0.444. The number of rotatable bonds is 7. The molecule has 0 radical (unpaired) electrons. The van der Waals surface area contributed by atoms with Crippen LogP contribution in [0.5, 0.6) is 0 Å². The maximum Gasteiger partial charge on any atom is 0.257 e. The number of hydrogen-bond acceptors (Lipinski definition) is 6. The lowest BCUT2D eigenvalue weighted by Gasteiger charge is -2.15. The van der Waals surface area contributed by atoms with Gasteiger partial charge in [-0.15, -0.1) is 11.3 Å². The lowest BCUT2D eigenvalue weighted by Crippen LogP contribution is -2.27. The van der Waals surface area contributed by atoms with Gasteiger partial charge in [0.15, 0.2) is 5.13 Å². The average molecular weight is 410 g/mol. The zero-order valence-electron chi connectivity index (χ0n) is 15.3. The van der Waals surface area contributed by atoms with Crippen LogP contribution in [0.2, 0.25) is 0 Å². The highest BCUT2D eigenvalue weighted by atomic mass is 32.2. The second-order valence-corrected chi connectivity index (χ2v) is 9.46. The zero-order chi connectivity index (χ0) is 19.4. The van der Waals surface area contributed by atoms with Crippen molar-refractivity contribution in [1.29, 1.82) is 0 Å². The SMILES string of the molecule is COCCNS(=O)(=O)c1cccc(C(=O)Nc2nc3c(s2)CC(C)CC3)c1. The van der Waals surface area contributed by atoms with Gasteiger partial charge in [-0.1, -0.05) is 13.0 Å². The lowest BCUT2D eigenvalue weighted by molar-refractivity contribution is 0.102. The minimum atomic E-state index is -3.69. The van der Waals surface area contributed by atoms with E-state index in [0.717, 1.165) is 25.0 Å². The summed E-state index contributed by atoms with van der Waals surface area (Å²) >= 11 is 1.50. The Hall–Kier alpha value is -1.81. The second kappa shape index (κ2) is 8.47. The molecule has 0 bridgehead atoms. The third-order valence-electron chi connectivity index (χ3n) is 4.41. The standard InChI is InChI=1S/C18H23N3O4S2/c1-12-6-7-15-16(10-12)26-18(20-15)21-17(22)13-4-3-5-14(11-13)27(23,24)19-8-9-25-2/h3-5,11-12,19H,6-10H2,1-2H3,(H,20,21,22). The molecule has 1 atom stereocenters. The molecule has 2 N–H and O–H groups in total. The number of aryl methyl sites for hydroxylation is 1. The highest BCUT2D eigenvalue weighted by Crippen LogP contribution is 2.32. The Balaban J connectivity index is 1.72. The third-order valence-corrected chi connectivity index (χ3v) is 6.91. The van der Waals surface area contributed by atoms with Gasteiger partial charge in [0.1, 0.15) is 0 Å². The number of thiazole rings is 1. The van der Waals surface area contributed by atoms with Gasteiger partial charge < -0.3 is 4.74 Å². The molecule has 1 aliphatic rings. The van der Waals surface area contributed by atoms with Crippen molar-refractivity contribution in [2.75, 3.05) is 25.6 Å². The van der Waals surface area contributed by atoms with Crippen LogP contribution in [0.3, 0.4) is 0 Å². The normalized spacial score (nSPS) is 16.7. The number of hydrogen-bond donors (Lipinski definition) is 2. The zero-order valence-corrected chi connectivity index (χ0v) is 17.0. The van der Waals surface area contributed by atoms with Crippen LogP contribution in [-0.2, 0) is 27.6 Å². The first-order valence-corrected chi connectivity index (χ1v) is 11.1. The van der Waals surface area contributed by atoms with Crippen LogP contribution < -0.4 is 10.0 Å². The number of aromatic nitrogens is 1. The molecule has 0 fully saturated rings. The van der Waals surface area contributed by atoms with Crippen molar-refractivity contribution in [3.63, 3.8) is 0 Å². The highest BCUT2D eigenvalue weighted by molar-refractivity contribution is 7.89. The highest BCUT2D eigenvalue weighted by Gasteiger charge is 2.21. The number of nitrogens with zero attached hydrogens (tertiary/aromatic N) is 1. The van der Waals surface area contributed by atoms with Gasteiger partial charge in [-0.2, -0.15) is 0 Å². The van der Waals surface area contributed by atoms with Gasteiger partial charge in [-0.05, 0) is 43.4 Å². The van der Waals surface area contributed by atoms with E-state index < -0.39 is 10.0 Å². The molecule has 1 aromatic carbocycles. The van der Waals surface area contributed by atoms with Gasteiger partial charge in [0.2, 0.25) is 10.0 Å². The van der Waals surface area contributed by atoms with Crippen LogP contribution >= 0.6 is 11.3 Å². The van der Waals surface area contributed by atoms with Gasteiger partial charge in [0.05, 0.1) is 17.2 Å². The molecule has 146 valence electrons. The first kappa shape index (κ1) is 19.9. The Morgan fingerprint density at radius 3 is 3.00 bits per heavy atom. The predicted molar refractivity (Wildman–Crippen MR) is 105 cm³/mol. The summed E-state index contributed by atoms with van der Waals surface area (Å²) in [7, 11) is -2.20. The first-order chi connectivity index (χ1) is 12.9. The maximum atomic E-state index is 12.6. The number of nitrogens with one attached hydrogen (secondary N) is 2. The molecule has 1 amide bonds. The monoisotopic (exact) mass is 409 g/mol. The lowest BCUT2D eigenvalue weighted by atomic mass is 9.93. The second-order valence-electron chi connectivity index (χ2n) is 6.61. The molecule has 1 heterocycles. The topological polar surface area (TPSA) is 97.4 Å². The van der Waals surface area contributed by atoms with Gasteiger partial charge in [0, 0.05) is 24.1 Å². The molecule has 0 spiro atoms. The summed E-state index contributed by atoms with van der Waals surface area (Å²) in [5, 5.41) is 3.36. The quantitative estimate of drug-likeness (QED) is 0.685. The van der Waals surface area contributed by atoms with E-state index in [0.29, 0.717) is 11.0 Å². The van der Waals surface area contributed by atoms with Crippen molar-refractivity contribution >= 4 is 32.4 Å². The molecule has 0 aliphatic heterocycles. The average Bonchev–Trinajstić information content (AvgIpc) is 3.03. The summed E-state index contributed by atoms with van der Waals surface area (Å²) in [6.07, 6.45) is 3.04. The largest absolute Gasteiger partial charge is 0.383 e. The van der Waals surface area contributed by atoms with E-state index in [1.165, 1.54) is 35.5 Å². The van der Waals surface area contributed by atoms with Crippen molar-refractivity contribution in [1.82, 2.24) is 9.71 Å². The Morgan fingerprint density at radius 2 is 2.22 bits per heavy atom. The van der Waals surface area contributed by atoms with Crippen molar-refractivity contribution in [3.05, 3.63) is 40.4 Å². The summed E-state index contributed by atoms with van der Waals surface area (Å²) in [5.74, 6) is 0.261. The number of anilines is 1. The minimum Gasteiger partial charge on any atom is -0.383 e. The molecule has 7 nitrogen and oxygen atoms in total. The van der Waals surface area contributed by atoms with Crippen LogP contribution in [0.1, 0.15) is 34.3 Å². The number of carbonyl (C=O) groups excluding carboxylic acids is 1. The molecule has 3 rings (SSSR count). The number of methoxy groups -OCH3 is 1. The Morgan fingerprint density at radius 1 is 1.41 bits per heavy atom. The molecular formula is C18H23N3O4S2. The summed E-state index contributed by atoms with van der Waals surface area (Å²) in [6.45, 7) is 2.65. The van der Waals surface area contributed by atoms with Crippen LogP contribution in [0.25, 0.3) is 0 Å². The number of amides is 1. The summed E-state index contributed by atoms with van der Waals surface area (Å²) in [4.78, 5) is 18.3. The predicted octanol–water partition coefficient (Wildman–Crippen LogP) is 2.44. The van der Waals surface area contributed by atoms with E-state index >= 15 is 0 Å². The number of fused-ring (bicyclic) bond motifs is 1. The maximum absolute atomic E-state index is 12.6. The molecule has 0 saturated carbocycles. The molecule has 1 aromatic heterocycles. The van der Waals surface area contributed by atoms with Crippen molar-refractivity contribution < 1.29 is 17.9 Å². The number of benzene rings is 1. The van der Waals surface area contributed by atoms with E-state index in [2.05, 4.69) is 21.9 Å². The van der Waals surface area contributed by atoms with Crippen molar-refractivity contribution in [2.24, 2.45) is 5.92 Å². The Bertz CT molecular complexity index is 924. The molecular weight excluding hydrogens is 386 g/mol. The number of ether oxygens (including phenoxy) is 1. The minimum absolute atomic E-state index is 0.0403. The third kappa shape index (κ3) is 4.92. The fourth-order valence-corrected chi connectivity index (χ4v) is 5.15. The van der Waals surface area contributed by atoms with Crippen LogP contribution in [0.15, 0.2) is 29.2 Å². The molecule has 27 heavy (non-hydrogen) atoms. The molecule has 1 aliphatic carbocycles. The molecule has 0 saturated heterocycles. The van der Waals surface area contributed by atoms with E-state index in [-0.39, 0.29) is 29.5 Å². The summed E-state index contributed by atoms with van der Waals surface area (Å²) in [5.41, 5.74) is 1.33. The van der Waals surface area contributed by atoms with Gasteiger partial charge >= 0.3 is 0 Å². The van der Waals surface area contributed by atoms with E-state index in [1.807, 2.05) is 0 Å². The van der Waals surface area contributed by atoms with Crippen LogP contribution in [0.4, 0.5) is 5.13 Å². The van der Waals surface area contributed by atoms with Gasteiger partial charge in [-0.3, -0.25) is 10.1 Å². The molecule has 1 unspecified atom stereocenters. The van der Waals surface area contributed by atoms with E-state index in [9.17, 15) is 13.2 Å². The smallest absolute Gasteiger partial charge is 0.257 e. The Labute approximate surface area is 163 Å². The van der Waals surface area contributed by atoms with Crippen LogP contribution in [0, 0.1) is 5.92 Å². The van der Waals surface area contributed by atoms with Gasteiger partial charge in [0.25, 0.3) is 5.91 Å². The van der Waals surface area contributed by atoms with Crippen molar-refractivity contribution in [3.8, 4) is 0 Å². The number of sulfonamides is 1. The van der Waals surface area contributed by atoms with E-state index in [4.69, 9.17) is 4.74 Å².